The fourth-order valence-electron chi connectivity index (χ4n) is 1.08. The van der Waals surface area contributed by atoms with Gasteiger partial charge in [-0.1, -0.05) is 0 Å². The molecule has 0 unspecified atom stereocenters. The van der Waals surface area contributed by atoms with Crippen LogP contribution in [0.5, 0.6) is 0 Å². The molecule has 1 aromatic rings. The first-order valence-electron chi connectivity index (χ1n) is 4.57. The zero-order valence-electron chi connectivity index (χ0n) is 8.90. The van der Waals surface area contributed by atoms with Crippen LogP contribution in [0.4, 0.5) is 4.39 Å². The van der Waals surface area contributed by atoms with Crippen molar-refractivity contribution in [1.29, 1.82) is 0 Å². The molecule has 0 saturated carbocycles. The molecule has 1 amide bonds. The Kier molecular flexibility index (Phi) is 3.50. The number of halogens is 2. The number of amides is 1. The minimum absolute atomic E-state index is 0.283. The van der Waals surface area contributed by atoms with E-state index in [0.29, 0.717) is 10.0 Å². The van der Waals surface area contributed by atoms with E-state index in [0.717, 1.165) is 0 Å². The summed E-state index contributed by atoms with van der Waals surface area (Å²) in [5.74, 6) is -0.703. The molecule has 0 spiro atoms. The third-order valence-corrected chi connectivity index (χ3v) is 2.35. The molecule has 0 atom stereocenters. The van der Waals surface area contributed by atoms with Crippen LogP contribution >= 0.6 is 15.9 Å². The molecule has 1 N–H and O–H groups in total. The first kappa shape index (κ1) is 12.2. The van der Waals surface area contributed by atoms with Gasteiger partial charge in [0.05, 0.1) is 5.56 Å². The molecular weight excluding hydrogens is 261 g/mol. The van der Waals surface area contributed by atoms with Crippen molar-refractivity contribution in [3.05, 3.63) is 34.1 Å². The Morgan fingerprint density at radius 1 is 1.40 bits per heavy atom. The van der Waals surface area contributed by atoms with E-state index in [9.17, 15) is 9.18 Å². The summed E-state index contributed by atoms with van der Waals surface area (Å²) in [6, 6.07) is 4.04. The number of rotatable bonds is 1. The normalized spacial score (nSPS) is 11.3. The number of carbonyl (C=O) groups excluding carboxylic acids is 1. The second kappa shape index (κ2) is 4.31. The van der Waals surface area contributed by atoms with Crippen LogP contribution in [0.25, 0.3) is 0 Å². The smallest absolute Gasteiger partial charge is 0.252 e. The number of hydrogen-bond acceptors (Lipinski definition) is 1. The minimum atomic E-state index is -0.419. The summed E-state index contributed by atoms with van der Waals surface area (Å²) >= 11 is 3.21. The molecule has 1 aromatic carbocycles. The van der Waals surface area contributed by atoms with E-state index >= 15 is 0 Å². The summed E-state index contributed by atoms with van der Waals surface area (Å²) in [7, 11) is 0. The van der Waals surface area contributed by atoms with Gasteiger partial charge in [0.25, 0.3) is 5.91 Å². The Labute approximate surface area is 97.0 Å². The van der Waals surface area contributed by atoms with Crippen molar-refractivity contribution in [3.63, 3.8) is 0 Å². The Morgan fingerprint density at radius 3 is 2.53 bits per heavy atom. The van der Waals surface area contributed by atoms with Crippen molar-refractivity contribution in [2.75, 3.05) is 0 Å². The van der Waals surface area contributed by atoms with Gasteiger partial charge in [-0.2, -0.15) is 0 Å². The third-order valence-electron chi connectivity index (χ3n) is 1.66. The zero-order chi connectivity index (χ0) is 11.6. The predicted octanol–water partition coefficient (Wildman–Crippen LogP) is 3.12. The van der Waals surface area contributed by atoms with Gasteiger partial charge in [-0.05, 0) is 54.9 Å². The zero-order valence-corrected chi connectivity index (χ0v) is 10.5. The van der Waals surface area contributed by atoms with Gasteiger partial charge in [0.15, 0.2) is 0 Å². The van der Waals surface area contributed by atoms with Crippen LogP contribution in [-0.2, 0) is 0 Å². The average molecular weight is 274 g/mol. The number of nitrogens with one attached hydrogen (secondary N) is 1. The van der Waals surface area contributed by atoms with Gasteiger partial charge in [-0.15, -0.1) is 0 Å². The van der Waals surface area contributed by atoms with Gasteiger partial charge in [0.1, 0.15) is 5.82 Å². The van der Waals surface area contributed by atoms with Gasteiger partial charge in [0.2, 0.25) is 0 Å². The molecule has 0 heterocycles. The summed E-state index contributed by atoms with van der Waals surface area (Å²) in [6.45, 7) is 5.62. The third kappa shape index (κ3) is 3.63. The fraction of sp³-hybridized carbons (Fsp3) is 0.364. The van der Waals surface area contributed by atoms with Gasteiger partial charge < -0.3 is 5.32 Å². The lowest BCUT2D eigenvalue weighted by atomic mass is 10.1. The molecule has 82 valence electrons. The van der Waals surface area contributed by atoms with Crippen LogP contribution in [0.1, 0.15) is 31.1 Å². The first-order valence-corrected chi connectivity index (χ1v) is 5.36. The maximum Gasteiger partial charge on any atom is 0.252 e. The second-order valence-electron chi connectivity index (χ2n) is 4.33. The van der Waals surface area contributed by atoms with Crippen LogP contribution in [-0.4, -0.2) is 11.4 Å². The summed E-state index contributed by atoms with van der Waals surface area (Å²) in [5, 5.41) is 2.77. The SMILES string of the molecule is CC(C)(C)NC(=O)c1cc(F)ccc1Br. The Bertz CT molecular complexity index is 385. The summed E-state index contributed by atoms with van der Waals surface area (Å²) in [6.07, 6.45) is 0. The number of benzene rings is 1. The average Bonchev–Trinajstić information content (AvgIpc) is 2.06. The molecule has 15 heavy (non-hydrogen) atoms. The van der Waals surface area contributed by atoms with E-state index in [2.05, 4.69) is 21.2 Å². The molecule has 0 saturated heterocycles. The molecule has 0 aliphatic carbocycles. The van der Waals surface area contributed by atoms with Crippen molar-refractivity contribution >= 4 is 21.8 Å². The molecule has 0 aromatic heterocycles. The molecule has 2 nitrogen and oxygen atoms in total. The van der Waals surface area contributed by atoms with Crippen molar-refractivity contribution in [2.24, 2.45) is 0 Å². The molecule has 1 rings (SSSR count). The summed E-state index contributed by atoms with van der Waals surface area (Å²) < 4.78 is 13.5. The minimum Gasteiger partial charge on any atom is -0.347 e. The highest BCUT2D eigenvalue weighted by atomic mass is 79.9. The predicted molar refractivity (Wildman–Crippen MR) is 61.3 cm³/mol. The van der Waals surface area contributed by atoms with Crippen LogP contribution in [0.15, 0.2) is 22.7 Å². The molecule has 0 fully saturated rings. The molecular formula is C11H13BrFNO. The maximum absolute atomic E-state index is 12.9. The van der Waals surface area contributed by atoms with Crippen molar-refractivity contribution in [1.82, 2.24) is 5.32 Å². The lowest BCUT2D eigenvalue weighted by Crippen LogP contribution is -2.40. The van der Waals surface area contributed by atoms with E-state index in [4.69, 9.17) is 0 Å². The van der Waals surface area contributed by atoms with Gasteiger partial charge in [-0.3, -0.25) is 4.79 Å². The Morgan fingerprint density at radius 2 is 2.00 bits per heavy atom. The van der Waals surface area contributed by atoms with Gasteiger partial charge in [-0.25, -0.2) is 4.39 Å². The highest BCUT2D eigenvalue weighted by Crippen LogP contribution is 2.18. The number of hydrogen-bond donors (Lipinski definition) is 1. The molecule has 0 aliphatic heterocycles. The molecule has 0 bridgehead atoms. The second-order valence-corrected chi connectivity index (χ2v) is 5.18. The quantitative estimate of drug-likeness (QED) is 0.837. The van der Waals surface area contributed by atoms with Crippen molar-refractivity contribution in [3.8, 4) is 0 Å². The topological polar surface area (TPSA) is 29.1 Å². The van der Waals surface area contributed by atoms with Crippen molar-refractivity contribution in [2.45, 2.75) is 26.3 Å². The lowest BCUT2D eigenvalue weighted by molar-refractivity contribution is 0.0918. The van der Waals surface area contributed by atoms with E-state index in [-0.39, 0.29) is 11.4 Å². The number of carbonyl (C=O) groups is 1. The van der Waals surface area contributed by atoms with E-state index < -0.39 is 5.82 Å². The maximum atomic E-state index is 12.9. The summed E-state index contributed by atoms with van der Waals surface area (Å²) in [4.78, 5) is 11.7. The fourth-order valence-corrected chi connectivity index (χ4v) is 1.51. The molecule has 0 aliphatic rings. The Hall–Kier alpha value is -0.900. The highest BCUT2D eigenvalue weighted by molar-refractivity contribution is 9.10. The van der Waals surface area contributed by atoms with E-state index in [1.807, 2.05) is 20.8 Å². The first-order chi connectivity index (χ1) is 6.79. The van der Waals surface area contributed by atoms with E-state index in [1.54, 1.807) is 0 Å². The Balaban J connectivity index is 2.96. The highest BCUT2D eigenvalue weighted by Gasteiger charge is 2.17. The standard InChI is InChI=1S/C11H13BrFNO/c1-11(2,3)14-10(15)8-6-7(13)4-5-9(8)12/h4-6H,1-3H3,(H,14,15). The van der Waals surface area contributed by atoms with Crippen LogP contribution in [0.3, 0.4) is 0 Å². The van der Waals surface area contributed by atoms with Gasteiger partial charge >= 0.3 is 0 Å². The van der Waals surface area contributed by atoms with Crippen LogP contribution in [0, 0.1) is 5.82 Å². The lowest BCUT2D eigenvalue weighted by Gasteiger charge is -2.20. The van der Waals surface area contributed by atoms with E-state index in [1.165, 1.54) is 18.2 Å². The molecule has 0 radical (unpaired) electrons. The monoisotopic (exact) mass is 273 g/mol. The van der Waals surface area contributed by atoms with Crippen LogP contribution < -0.4 is 5.32 Å². The molecule has 4 heteroatoms. The van der Waals surface area contributed by atoms with Crippen LogP contribution in [0.2, 0.25) is 0 Å². The van der Waals surface area contributed by atoms with Crippen molar-refractivity contribution < 1.29 is 9.18 Å². The summed E-state index contributed by atoms with van der Waals surface area (Å²) in [5.41, 5.74) is -0.0204. The largest absolute Gasteiger partial charge is 0.347 e. The van der Waals surface area contributed by atoms with Gasteiger partial charge in [0, 0.05) is 10.0 Å².